The molecule has 1 aromatic rings. The van der Waals surface area contributed by atoms with Crippen LogP contribution in [0.3, 0.4) is 0 Å². The summed E-state index contributed by atoms with van der Waals surface area (Å²) in [5, 5.41) is 12.1. The zero-order valence-corrected chi connectivity index (χ0v) is 8.95. The van der Waals surface area contributed by atoms with Gasteiger partial charge in [0, 0.05) is 11.6 Å². The van der Waals surface area contributed by atoms with Crippen molar-refractivity contribution in [3.63, 3.8) is 0 Å². The molecule has 0 bridgehead atoms. The SMILES string of the molecule is Cc1cc(O)ccc1NC(=O)C1CC1C. The second-order valence-electron chi connectivity index (χ2n) is 4.31. The van der Waals surface area contributed by atoms with Gasteiger partial charge < -0.3 is 10.4 Å². The average Bonchev–Trinajstić information content (AvgIpc) is 2.88. The Morgan fingerprint density at radius 3 is 2.73 bits per heavy atom. The maximum absolute atomic E-state index is 11.6. The largest absolute Gasteiger partial charge is 0.508 e. The van der Waals surface area contributed by atoms with E-state index in [1.54, 1.807) is 18.2 Å². The lowest BCUT2D eigenvalue weighted by Gasteiger charge is -2.08. The fourth-order valence-electron chi connectivity index (χ4n) is 1.70. The fourth-order valence-corrected chi connectivity index (χ4v) is 1.70. The predicted octanol–water partition coefficient (Wildman–Crippen LogP) is 2.30. The number of phenolic OH excluding ortho intramolecular Hbond substituents is 1. The molecule has 80 valence electrons. The van der Waals surface area contributed by atoms with Gasteiger partial charge in [0.05, 0.1) is 0 Å². The van der Waals surface area contributed by atoms with E-state index >= 15 is 0 Å². The number of nitrogens with one attached hydrogen (secondary N) is 1. The van der Waals surface area contributed by atoms with Crippen LogP contribution in [0.4, 0.5) is 5.69 Å². The third kappa shape index (κ3) is 2.12. The molecule has 2 N–H and O–H groups in total. The van der Waals surface area contributed by atoms with Crippen molar-refractivity contribution in [1.82, 2.24) is 0 Å². The van der Waals surface area contributed by atoms with Crippen LogP contribution in [0.2, 0.25) is 0 Å². The Hall–Kier alpha value is -1.51. The first kappa shape index (κ1) is 10.0. The summed E-state index contributed by atoms with van der Waals surface area (Å²) in [7, 11) is 0. The maximum Gasteiger partial charge on any atom is 0.227 e. The van der Waals surface area contributed by atoms with E-state index in [2.05, 4.69) is 12.2 Å². The molecule has 15 heavy (non-hydrogen) atoms. The molecule has 0 aromatic heterocycles. The van der Waals surface area contributed by atoms with Gasteiger partial charge in [-0.1, -0.05) is 6.92 Å². The van der Waals surface area contributed by atoms with Crippen LogP contribution in [0, 0.1) is 18.8 Å². The summed E-state index contributed by atoms with van der Waals surface area (Å²) in [5.74, 6) is 1.02. The molecule has 2 atom stereocenters. The summed E-state index contributed by atoms with van der Waals surface area (Å²) < 4.78 is 0. The van der Waals surface area contributed by atoms with Crippen molar-refractivity contribution in [2.75, 3.05) is 5.32 Å². The van der Waals surface area contributed by atoms with Crippen molar-refractivity contribution in [2.24, 2.45) is 11.8 Å². The standard InChI is InChI=1S/C12H15NO2/c1-7-6-10(7)12(15)13-11-4-3-9(14)5-8(11)2/h3-5,7,10,14H,6H2,1-2H3,(H,13,15). The topological polar surface area (TPSA) is 49.3 Å². The Morgan fingerprint density at radius 2 is 2.20 bits per heavy atom. The Kier molecular flexibility index (Phi) is 2.39. The van der Waals surface area contributed by atoms with E-state index in [1.807, 2.05) is 6.92 Å². The molecule has 1 saturated carbocycles. The van der Waals surface area contributed by atoms with Crippen molar-refractivity contribution >= 4 is 11.6 Å². The van der Waals surface area contributed by atoms with Crippen LogP contribution < -0.4 is 5.32 Å². The van der Waals surface area contributed by atoms with Crippen LogP contribution in [-0.2, 0) is 4.79 Å². The molecule has 1 aromatic carbocycles. The number of hydrogen-bond acceptors (Lipinski definition) is 2. The Bertz CT molecular complexity index is 401. The summed E-state index contributed by atoms with van der Waals surface area (Å²) in [6, 6.07) is 4.96. The van der Waals surface area contributed by atoms with Crippen molar-refractivity contribution in [2.45, 2.75) is 20.3 Å². The minimum absolute atomic E-state index is 0.0938. The normalized spacial score (nSPS) is 23.6. The lowest BCUT2D eigenvalue weighted by Crippen LogP contribution is -2.15. The smallest absolute Gasteiger partial charge is 0.227 e. The number of benzene rings is 1. The van der Waals surface area contributed by atoms with E-state index in [-0.39, 0.29) is 17.6 Å². The van der Waals surface area contributed by atoms with Gasteiger partial charge in [0.1, 0.15) is 5.75 Å². The molecule has 1 amide bonds. The lowest BCUT2D eigenvalue weighted by atomic mass is 10.2. The zero-order valence-electron chi connectivity index (χ0n) is 8.95. The van der Waals surface area contributed by atoms with Gasteiger partial charge in [-0.15, -0.1) is 0 Å². The highest BCUT2D eigenvalue weighted by molar-refractivity contribution is 5.95. The molecule has 3 nitrogen and oxygen atoms in total. The number of carbonyl (C=O) groups is 1. The van der Waals surface area contributed by atoms with Crippen LogP contribution in [0.1, 0.15) is 18.9 Å². The zero-order chi connectivity index (χ0) is 11.0. The number of aryl methyl sites for hydroxylation is 1. The Balaban J connectivity index is 2.07. The quantitative estimate of drug-likeness (QED) is 0.728. The monoisotopic (exact) mass is 205 g/mol. The summed E-state index contributed by atoms with van der Waals surface area (Å²) in [6.07, 6.45) is 0.989. The molecular weight excluding hydrogens is 190 g/mol. The molecular formula is C12H15NO2. The first-order valence-electron chi connectivity index (χ1n) is 5.18. The molecule has 3 heteroatoms. The molecule has 2 rings (SSSR count). The number of aromatic hydroxyl groups is 1. The predicted molar refractivity (Wildman–Crippen MR) is 58.7 cm³/mol. The molecule has 1 aliphatic rings. The maximum atomic E-state index is 11.6. The highest BCUT2D eigenvalue weighted by Crippen LogP contribution is 2.38. The number of amides is 1. The van der Waals surface area contributed by atoms with Gasteiger partial charge in [-0.25, -0.2) is 0 Å². The van der Waals surface area contributed by atoms with Crippen LogP contribution in [-0.4, -0.2) is 11.0 Å². The summed E-state index contributed by atoms with van der Waals surface area (Å²) >= 11 is 0. The summed E-state index contributed by atoms with van der Waals surface area (Å²) in [5.41, 5.74) is 1.67. The molecule has 1 fully saturated rings. The fraction of sp³-hybridized carbons (Fsp3) is 0.417. The molecule has 0 spiro atoms. The number of rotatable bonds is 2. The molecule has 0 radical (unpaired) electrons. The second kappa shape index (κ2) is 3.57. The lowest BCUT2D eigenvalue weighted by molar-refractivity contribution is -0.117. The van der Waals surface area contributed by atoms with E-state index in [4.69, 9.17) is 0 Å². The molecule has 0 saturated heterocycles. The van der Waals surface area contributed by atoms with Gasteiger partial charge in [-0.3, -0.25) is 4.79 Å². The van der Waals surface area contributed by atoms with Crippen LogP contribution in [0.25, 0.3) is 0 Å². The molecule has 1 aliphatic carbocycles. The van der Waals surface area contributed by atoms with Crippen molar-refractivity contribution in [3.8, 4) is 5.75 Å². The van der Waals surface area contributed by atoms with Gasteiger partial charge in [0.2, 0.25) is 5.91 Å². The second-order valence-corrected chi connectivity index (χ2v) is 4.31. The van der Waals surface area contributed by atoms with E-state index in [0.29, 0.717) is 5.92 Å². The molecule has 0 aliphatic heterocycles. The highest BCUT2D eigenvalue weighted by atomic mass is 16.3. The Morgan fingerprint density at radius 1 is 1.53 bits per heavy atom. The van der Waals surface area contributed by atoms with Gasteiger partial charge >= 0.3 is 0 Å². The number of hydrogen-bond donors (Lipinski definition) is 2. The van der Waals surface area contributed by atoms with E-state index in [1.165, 1.54) is 0 Å². The Labute approximate surface area is 89.1 Å². The van der Waals surface area contributed by atoms with Crippen LogP contribution in [0.15, 0.2) is 18.2 Å². The third-order valence-electron chi connectivity index (χ3n) is 2.91. The van der Waals surface area contributed by atoms with Crippen LogP contribution in [0.5, 0.6) is 5.75 Å². The van der Waals surface area contributed by atoms with Crippen molar-refractivity contribution < 1.29 is 9.90 Å². The van der Waals surface area contributed by atoms with Crippen LogP contribution >= 0.6 is 0 Å². The number of phenols is 1. The number of carbonyl (C=O) groups excluding carboxylic acids is 1. The average molecular weight is 205 g/mol. The third-order valence-corrected chi connectivity index (χ3v) is 2.91. The van der Waals surface area contributed by atoms with Gasteiger partial charge in [-0.2, -0.15) is 0 Å². The van der Waals surface area contributed by atoms with Gasteiger partial charge in [-0.05, 0) is 43.0 Å². The molecule has 2 unspecified atom stereocenters. The van der Waals surface area contributed by atoms with Crippen molar-refractivity contribution in [3.05, 3.63) is 23.8 Å². The number of anilines is 1. The highest BCUT2D eigenvalue weighted by Gasteiger charge is 2.39. The van der Waals surface area contributed by atoms with Gasteiger partial charge in [0.15, 0.2) is 0 Å². The first-order valence-corrected chi connectivity index (χ1v) is 5.18. The van der Waals surface area contributed by atoms with Gasteiger partial charge in [0.25, 0.3) is 0 Å². The van der Waals surface area contributed by atoms with E-state index < -0.39 is 0 Å². The first-order chi connectivity index (χ1) is 7.08. The van der Waals surface area contributed by atoms with E-state index in [0.717, 1.165) is 17.7 Å². The van der Waals surface area contributed by atoms with Crippen molar-refractivity contribution in [1.29, 1.82) is 0 Å². The minimum atomic E-state index is 0.0938. The molecule has 0 heterocycles. The van der Waals surface area contributed by atoms with E-state index in [9.17, 15) is 9.90 Å². The minimum Gasteiger partial charge on any atom is -0.508 e. The summed E-state index contributed by atoms with van der Waals surface area (Å²) in [4.78, 5) is 11.6. The summed E-state index contributed by atoms with van der Waals surface area (Å²) in [6.45, 7) is 3.94.